The van der Waals surface area contributed by atoms with Crippen molar-refractivity contribution in [1.29, 1.82) is 0 Å². The van der Waals surface area contributed by atoms with E-state index in [1.807, 2.05) is 48.5 Å². The zero-order valence-electron chi connectivity index (χ0n) is 19.5. The monoisotopic (exact) mass is 498 g/mol. The molecule has 8 heteroatoms. The first-order valence-corrected chi connectivity index (χ1v) is 12.2. The van der Waals surface area contributed by atoms with Crippen molar-refractivity contribution in [3.8, 4) is 11.3 Å². The molecule has 5 rings (SSSR count). The summed E-state index contributed by atoms with van der Waals surface area (Å²) in [7, 11) is 0. The SMILES string of the molecule is O=C(O)c1ccc(-c2ccc([C@@H]3[C@H](c4ccccn4)NC(=S)N3CCCNc3ccccc3)o2)cc1. The van der Waals surface area contributed by atoms with Gasteiger partial charge in [-0.05, 0) is 67.2 Å². The predicted octanol–water partition coefficient (Wildman–Crippen LogP) is 5.51. The number of hydrogen-bond donors (Lipinski definition) is 3. The van der Waals surface area contributed by atoms with Crippen molar-refractivity contribution >= 4 is 29.0 Å². The molecule has 0 saturated carbocycles. The van der Waals surface area contributed by atoms with Crippen molar-refractivity contribution in [3.63, 3.8) is 0 Å². The van der Waals surface area contributed by atoms with E-state index in [-0.39, 0.29) is 17.6 Å². The van der Waals surface area contributed by atoms with Gasteiger partial charge in [0.1, 0.15) is 17.6 Å². The summed E-state index contributed by atoms with van der Waals surface area (Å²) in [5.41, 5.74) is 3.03. The van der Waals surface area contributed by atoms with Crippen LogP contribution >= 0.6 is 12.2 Å². The molecular formula is C28H26N4O3S. The third-order valence-electron chi connectivity index (χ3n) is 6.21. The number of nitrogens with one attached hydrogen (secondary N) is 2. The molecule has 2 aromatic carbocycles. The molecule has 0 unspecified atom stereocenters. The smallest absolute Gasteiger partial charge is 0.335 e. The van der Waals surface area contributed by atoms with Crippen molar-refractivity contribution in [2.24, 2.45) is 0 Å². The number of anilines is 1. The normalized spacial score (nSPS) is 17.1. The van der Waals surface area contributed by atoms with E-state index < -0.39 is 5.97 Å². The van der Waals surface area contributed by atoms with Crippen LogP contribution in [0.2, 0.25) is 0 Å². The van der Waals surface area contributed by atoms with Crippen LogP contribution in [0.25, 0.3) is 11.3 Å². The number of furan rings is 1. The number of para-hydroxylation sites is 1. The van der Waals surface area contributed by atoms with E-state index in [2.05, 4.69) is 32.7 Å². The molecule has 182 valence electrons. The topological polar surface area (TPSA) is 90.6 Å². The predicted molar refractivity (Wildman–Crippen MR) is 143 cm³/mol. The van der Waals surface area contributed by atoms with Crippen molar-refractivity contribution in [1.82, 2.24) is 15.2 Å². The van der Waals surface area contributed by atoms with Gasteiger partial charge in [-0.25, -0.2) is 4.79 Å². The van der Waals surface area contributed by atoms with Gasteiger partial charge < -0.3 is 25.1 Å². The first-order valence-electron chi connectivity index (χ1n) is 11.8. The van der Waals surface area contributed by atoms with E-state index in [1.54, 1.807) is 30.5 Å². The van der Waals surface area contributed by atoms with Crippen molar-refractivity contribution in [3.05, 3.63) is 108 Å². The van der Waals surface area contributed by atoms with Gasteiger partial charge in [0, 0.05) is 30.5 Å². The van der Waals surface area contributed by atoms with Crippen molar-refractivity contribution < 1.29 is 14.3 Å². The Morgan fingerprint density at radius 3 is 2.53 bits per heavy atom. The number of nitrogens with zero attached hydrogens (tertiary/aromatic N) is 2. The lowest BCUT2D eigenvalue weighted by Crippen LogP contribution is -2.31. The minimum atomic E-state index is -0.956. The van der Waals surface area contributed by atoms with E-state index in [0.29, 0.717) is 10.9 Å². The molecule has 1 fully saturated rings. The van der Waals surface area contributed by atoms with Crippen LogP contribution in [0.15, 0.2) is 95.5 Å². The Labute approximate surface area is 214 Å². The number of pyridine rings is 1. The zero-order chi connectivity index (χ0) is 24.9. The minimum Gasteiger partial charge on any atom is -0.478 e. The highest BCUT2D eigenvalue weighted by molar-refractivity contribution is 7.80. The fraction of sp³-hybridized carbons (Fsp3) is 0.179. The van der Waals surface area contributed by atoms with Crippen LogP contribution in [0, 0.1) is 0 Å². The van der Waals surface area contributed by atoms with E-state index in [9.17, 15) is 9.90 Å². The molecule has 1 saturated heterocycles. The molecule has 1 aliphatic heterocycles. The lowest BCUT2D eigenvalue weighted by molar-refractivity contribution is 0.0697. The Hall–Kier alpha value is -4.17. The number of rotatable bonds is 9. The van der Waals surface area contributed by atoms with Gasteiger partial charge in [0.2, 0.25) is 0 Å². The number of carboxylic acids is 1. The molecule has 0 amide bonds. The van der Waals surface area contributed by atoms with E-state index in [4.69, 9.17) is 16.6 Å². The molecule has 3 heterocycles. The number of carbonyl (C=O) groups is 1. The Balaban J connectivity index is 1.37. The summed E-state index contributed by atoms with van der Waals surface area (Å²) in [6, 6.07) is 26.2. The van der Waals surface area contributed by atoms with Gasteiger partial charge in [0.25, 0.3) is 0 Å². The number of hydrogen-bond acceptors (Lipinski definition) is 5. The zero-order valence-corrected chi connectivity index (χ0v) is 20.3. The maximum atomic E-state index is 11.2. The summed E-state index contributed by atoms with van der Waals surface area (Å²) in [6.45, 7) is 1.55. The fourth-order valence-corrected chi connectivity index (χ4v) is 4.77. The Bertz CT molecular complexity index is 1330. The largest absolute Gasteiger partial charge is 0.478 e. The lowest BCUT2D eigenvalue weighted by Gasteiger charge is -2.26. The van der Waals surface area contributed by atoms with Crippen LogP contribution in [0.5, 0.6) is 0 Å². The fourth-order valence-electron chi connectivity index (χ4n) is 4.44. The van der Waals surface area contributed by atoms with Gasteiger partial charge in [-0.15, -0.1) is 0 Å². The first-order chi connectivity index (χ1) is 17.6. The van der Waals surface area contributed by atoms with Gasteiger partial charge in [0.05, 0.1) is 17.3 Å². The van der Waals surface area contributed by atoms with Gasteiger partial charge in [-0.3, -0.25) is 4.98 Å². The van der Waals surface area contributed by atoms with Crippen LogP contribution in [0.4, 0.5) is 5.69 Å². The van der Waals surface area contributed by atoms with E-state index in [0.717, 1.165) is 42.2 Å². The second-order valence-electron chi connectivity index (χ2n) is 8.55. The standard InChI is InChI=1S/C28H26N4O3S/c33-27(34)20-12-10-19(11-13-20)23-14-15-24(35-23)26-25(22-9-4-5-16-30-22)31-28(36)32(26)18-6-17-29-21-7-2-1-3-8-21/h1-5,7-16,25-26,29H,6,17-18H2,(H,31,36)(H,33,34)/t25-,26+/m0/s1. The van der Waals surface area contributed by atoms with Crippen LogP contribution in [-0.2, 0) is 0 Å². The summed E-state index contributed by atoms with van der Waals surface area (Å²) in [4.78, 5) is 17.9. The summed E-state index contributed by atoms with van der Waals surface area (Å²) < 4.78 is 6.33. The molecule has 36 heavy (non-hydrogen) atoms. The third kappa shape index (κ3) is 5.08. The van der Waals surface area contributed by atoms with E-state index in [1.165, 1.54) is 0 Å². The molecule has 0 aliphatic carbocycles. The molecule has 3 N–H and O–H groups in total. The summed E-state index contributed by atoms with van der Waals surface area (Å²) in [5, 5.41) is 16.7. The number of carboxylic acid groups (broad SMARTS) is 1. The van der Waals surface area contributed by atoms with Gasteiger partial charge in [-0.1, -0.05) is 36.4 Å². The van der Waals surface area contributed by atoms with Crippen LogP contribution < -0.4 is 10.6 Å². The molecule has 4 aromatic rings. The summed E-state index contributed by atoms with van der Waals surface area (Å²) >= 11 is 5.75. The van der Waals surface area contributed by atoms with Crippen molar-refractivity contribution in [2.75, 3.05) is 18.4 Å². The highest BCUT2D eigenvalue weighted by atomic mass is 32.1. The second kappa shape index (κ2) is 10.6. The van der Waals surface area contributed by atoms with E-state index >= 15 is 0 Å². The lowest BCUT2D eigenvalue weighted by atomic mass is 10.0. The number of aromatic nitrogens is 1. The molecule has 1 aliphatic rings. The highest BCUT2D eigenvalue weighted by Gasteiger charge is 2.41. The molecule has 2 atom stereocenters. The summed E-state index contributed by atoms with van der Waals surface area (Å²) in [6.07, 6.45) is 2.66. The molecular weight excluding hydrogens is 472 g/mol. The first kappa shape index (κ1) is 23.6. The molecule has 0 spiro atoms. The van der Waals surface area contributed by atoms with Gasteiger partial charge >= 0.3 is 5.97 Å². The molecule has 2 aromatic heterocycles. The quantitative estimate of drug-likeness (QED) is 0.205. The maximum Gasteiger partial charge on any atom is 0.335 e. The number of thiocarbonyl (C=S) groups is 1. The third-order valence-corrected chi connectivity index (χ3v) is 6.56. The van der Waals surface area contributed by atoms with Gasteiger partial charge in [0.15, 0.2) is 5.11 Å². The molecule has 0 bridgehead atoms. The Morgan fingerprint density at radius 2 is 1.81 bits per heavy atom. The summed E-state index contributed by atoms with van der Waals surface area (Å²) in [5.74, 6) is 0.486. The van der Waals surface area contributed by atoms with Crippen molar-refractivity contribution in [2.45, 2.75) is 18.5 Å². The Morgan fingerprint density at radius 1 is 1.03 bits per heavy atom. The van der Waals surface area contributed by atoms with Crippen LogP contribution in [0.1, 0.15) is 40.3 Å². The van der Waals surface area contributed by atoms with Crippen LogP contribution in [-0.4, -0.2) is 39.2 Å². The minimum absolute atomic E-state index is 0.158. The number of aromatic carboxylic acids is 1. The maximum absolute atomic E-state index is 11.2. The van der Waals surface area contributed by atoms with Crippen LogP contribution in [0.3, 0.4) is 0 Å². The van der Waals surface area contributed by atoms with Gasteiger partial charge in [-0.2, -0.15) is 0 Å². The molecule has 7 nitrogen and oxygen atoms in total. The number of benzene rings is 2. The average Bonchev–Trinajstić information content (AvgIpc) is 3.52. The Kier molecular flexibility index (Phi) is 6.95. The molecule has 0 radical (unpaired) electrons. The average molecular weight is 499 g/mol. The highest BCUT2D eigenvalue weighted by Crippen LogP contribution is 2.40. The second-order valence-corrected chi connectivity index (χ2v) is 8.94.